The molecule has 2 N–H and O–H groups in total. The predicted molar refractivity (Wildman–Crippen MR) is 109 cm³/mol. The lowest BCUT2D eigenvalue weighted by molar-refractivity contribution is -0.116. The number of aromatic amines is 1. The lowest BCUT2D eigenvalue weighted by Gasteiger charge is -2.04. The van der Waals surface area contributed by atoms with E-state index in [9.17, 15) is 9.59 Å². The highest BCUT2D eigenvalue weighted by Crippen LogP contribution is 2.17. The van der Waals surface area contributed by atoms with Crippen molar-refractivity contribution in [2.24, 2.45) is 0 Å². The molecule has 0 atom stereocenters. The summed E-state index contributed by atoms with van der Waals surface area (Å²) in [6.07, 6.45) is 9.64. The van der Waals surface area contributed by atoms with E-state index in [-0.39, 0.29) is 11.7 Å². The first kappa shape index (κ1) is 20.0. The van der Waals surface area contributed by atoms with Crippen LogP contribution in [0.15, 0.2) is 42.5 Å². The molecule has 0 unspecified atom stereocenters. The number of aromatic nitrogens is 1. The molecule has 138 valence electrons. The van der Waals surface area contributed by atoms with Gasteiger partial charge < -0.3 is 10.3 Å². The maximum absolute atomic E-state index is 12.4. The summed E-state index contributed by atoms with van der Waals surface area (Å²) in [5.41, 5.74) is 0.410. The van der Waals surface area contributed by atoms with Crippen LogP contribution >= 0.6 is 12.2 Å². The van der Waals surface area contributed by atoms with Crippen molar-refractivity contribution in [3.05, 3.63) is 52.8 Å². The van der Waals surface area contributed by atoms with Crippen molar-refractivity contribution >= 4 is 34.7 Å². The van der Waals surface area contributed by atoms with E-state index >= 15 is 0 Å². The summed E-state index contributed by atoms with van der Waals surface area (Å²) >= 11 is 5.18. The van der Waals surface area contributed by atoms with E-state index in [1.165, 1.54) is 37.8 Å². The minimum Gasteiger partial charge on any atom is -0.353 e. The van der Waals surface area contributed by atoms with Crippen molar-refractivity contribution in [1.82, 2.24) is 10.3 Å². The summed E-state index contributed by atoms with van der Waals surface area (Å²) < 4.78 is 0.493. The second-order valence-corrected chi connectivity index (χ2v) is 6.79. The number of hydrogen-bond donors (Lipinski definition) is 2. The summed E-state index contributed by atoms with van der Waals surface area (Å²) in [6.45, 7) is 2.83. The Labute approximate surface area is 159 Å². The molecular formula is C21H26N2O2S. The van der Waals surface area contributed by atoms with E-state index in [1.54, 1.807) is 0 Å². The van der Waals surface area contributed by atoms with Gasteiger partial charge in [0.1, 0.15) is 4.64 Å². The molecule has 0 aliphatic carbocycles. The highest BCUT2D eigenvalue weighted by Gasteiger charge is 2.08. The van der Waals surface area contributed by atoms with Crippen LogP contribution in [0.5, 0.6) is 0 Å². The van der Waals surface area contributed by atoms with Crippen LogP contribution in [0, 0.1) is 4.64 Å². The Balaban J connectivity index is 1.87. The number of allylic oxidation sites excluding steroid dienone is 1. The summed E-state index contributed by atoms with van der Waals surface area (Å²) in [5.74, 6) is -0.506. The van der Waals surface area contributed by atoms with E-state index in [1.807, 2.05) is 30.3 Å². The highest BCUT2D eigenvalue weighted by molar-refractivity contribution is 7.71. The van der Waals surface area contributed by atoms with Gasteiger partial charge in [0.15, 0.2) is 0 Å². The predicted octanol–water partition coefficient (Wildman–Crippen LogP) is 5.11. The van der Waals surface area contributed by atoms with Gasteiger partial charge in [-0.2, -0.15) is 0 Å². The number of rotatable bonds is 10. The van der Waals surface area contributed by atoms with E-state index < -0.39 is 0 Å². The van der Waals surface area contributed by atoms with Crippen molar-refractivity contribution in [2.75, 3.05) is 6.54 Å². The van der Waals surface area contributed by atoms with Crippen LogP contribution in [0.1, 0.15) is 55.9 Å². The number of unbranched alkanes of at least 4 members (excludes halogenated alkanes) is 5. The van der Waals surface area contributed by atoms with Crippen molar-refractivity contribution in [1.29, 1.82) is 0 Å². The van der Waals surface area contributed by atoms with Crippen molar-refractivity contribution < 1.29 is 9.59 Å². The van der Waals surface area contributed by atoms with E-state index in [0.29, 0.717) is 16.9 Å². The molecule has 1 aromatic carbocycles. The fourth-order valence-corrected chi connectivity index (χ4v) is 3.05. The molecular weight excluding hydrogens is 344 g/mol. The number of nitrogens with one attached hydrogen (secondary N) is 2. The van der Waals surface area contributed by atoms with Crippen molar-refractivity contribution in [3.8, 4) is 0 Å². The fourth-order valence-electron chi connectivity index (χ4n) is 2.82. The molecule has 0 saturated carbocycles. The standard InChI is InChI=1S/C21H26N2O2S/c1-2-3-4-5-6-9-14-22-19(25)13-12-18(24)21-17-11-8-7-10-16(17)15-20(26)23-21/h7-8,10-13,15H,2-6,9,14H2,1H3,(H,22,25)(H,23,26). The lowest BCUT2D eigenvalue weighted by Crippen LogP contribution is -2.22. The number of benzene rings is 1. The molecule has 0 aliphatic heterocycles. The number of H-pyrrole nitrogens is 1. The number of ketones is 1. The Bertz CT molecular complexity index is 839. The quantitative estimate of drug-likeness (QED) is 0.264. The summed E-state index contributed by atoms with van der Waals surface area (Å²) in [5, 5.41) is 4.52. The zero-order valence-corrected chi connectivity index (χ0v) is 16.0. The molecule has 26 heavy (non-hydrogen) atoms. The minimum atomic E-state index is -0.261. The van der Waals surface area contributed by atoms with Crippen LogP contribution in [0.25, 0.3) is 10.8 Å². The fraction of sp³-hybridized carbons (Fsp3) is 0.381. The lowest BCUT2D eigenvalue weighted by atomic mass is 10.1. The van der Waals surface area contributed by atoms with E-state index in [0.717, 1.165) is 23.6 Å². The molecule has 0 saturated heterocycles. The Morgan fingerprint density at radius 2 is 1.81 bits per heavy atom. The third-order valence-electron chi connectivity index (χ3n) is 4.23. The molecule has 1 amide bonds. The first-order chi connectivity index (χ1) is 12.6. The monoisotopic (exact) mass is 370 g/mol. The van der Waals surface area contributed by atoms with Gasteiger partial charge in [0, 0.05) is 18.0 Å². The molecule has 4 nitrogen and oxygen atoms in total. The van der Waals surface area contributed by atoms with Crippen molar-refractivity contribution in [2.45, 2.75) is 45.4 Å². The summed E-state index contributed by atoms with van der Waals surface area (Å²) in [6, 6.07) is 9.36. The molecule has 0 fully saturated rings. The third kappa shape index (κ3) is 6.23. The van der Waals surface area contributed by atoms with Gasteiger partial charge in [-0.15, -0.1) is 0 Å². The van der Waals surface area contributed by atoms with Crippen LogP contribution < -0.4 is 5.32 Å². The number of hydrogen-bond acceptors (Lipinski definition) is 3. The number of carbonyl (C=O) groups excluding carboxylic acids is 2. The number of amides is 1. The van der Waals surface area contributed by atoms with Gasteiger partial charge in [0.05, 0.1) is 5.69 Å². The van der Waals surface area contributed by atoms with Gasteiger partial charge in [-0.05, 0) is 23.9 Å². The van der Waals surface area contributed by atoms with Gasteiger partial charge >= 0.3 is 0 Å². The second kappa shape index (κ2) is 10.7. The Kier molecular flexibility index (Phi) is 8.22. The SMILES string of the molecule is CCCCCCCCNC(=O)C=CC(=O)c1[nH]c(=S)cc2ccccc12. The van der Waals surface area contributed by atoms with Crippen LogP contribution in [0.4, 0.5) is 0 Å². The topological polar surface area (TPSA) is 62.0 Å². The van der Waals surface area contributed by atoms with Crippen LogP contribution in [0.2, 0.25) is 0 Å². The van der Waals surface area contributed by atoms with Gasteiger partial charge in [-0.3, -0.25) is 9.59 Å². The van der Waals surface area contributed by atoms with E-state index in [2.05, 4.69) is 17.2 Å². The minimum absolute atomic E-state index is 0.245. The molecule has 0 bridgehead atoms. The van der Waals surface area contributed by atoms with Gasteiger partial charge in [0.25, 0.3) is 0 Å². The molecule has 2 aromatic rings. The zero-order valence-electron chi connectivity index (χ0n) is 15.2. The van der Waals surface area contributed by atoms with Crippen molar-refractivity contribution in [3.63, 3.8) is 0 Å². The van der Waals surface area contributed by atoms with Crippen LogP contribution in [-0.2, 0) is 4.79 Å². The number of fused-ring (bicyclic) bond motifs is 1. The number of carbonyl (C=O) groups is 2. The Morgan fingerprint density at radius 3 is 2.62 bits per heavy atom. The third-order valence-corrected chi connectivity index (χ3v) is 4.45. The molecule has 0 aliphatic rings. The molecule has 0 spiro atoms. The summed E-state index contributed by atoms with van der Waals surface area (Å²) in [4.78, 5) is 27.2. The average Bonchev–Trinajstić information content (AvgIpc) is 2.64. The maximum Gasteiger partial charge on any atom is 0.244 e. The van der Waals surface area contributed by atoms with Crippen LogP contribution in [0.3, 0.4) is 0 Å². The maximum atomic E-state index is 12.4. The molecule has 2 rings (SSSR count). The highest BCUT2D eigenvalue weighted by atomic mass is 32.1. The number of pyridine rings is 1. The Morgan fingerprint density at radius 1 is 1.08 bits per heavy atom. The zero-order chi connectivity index (χ0) is 18.8. The molecule has 0 radical (unpaired) electrons. The average molecular weight is 371 g/mol. The first-order valence-corrected chi connectivity index (χ1v) is 9.65. The second-order valence-electron chi connectivity index (χ2n) is 6.35. The Hall–Kier alpha value is -2.27. The smallest absolute Gasteiger partial charge is 0.244 e. The summed E-state index contributed by atoms with van der Waals surface area (Å²) in [7, 11) is 0. The molecule has 1 heterocycles. The largest absolute Gasteiger partial charge is 0.353 e. The van der Waals surface area contributed by atoms with Gasteiger partial charge in [-0.25, -0.2) is 0 Å². The van der Waals surface area contributed by atoms with Gasteiger partial charge in [0.2, 0.25) is 11.7 Å². The van der Waals surface area contributed by atoms with E-state index in [4.69, 9.17) is 12.2 Å². The van der Waals surface area contributed by atoms with Gasteiger partial charge in [-0.1, -0.05) is 75.5 Å². The first-order valence-electron chi connectivity index (χ1n) is 9.24. The molecule has 1 aromatic heterocycles. The van der Waals surface area contributed by atoms with Crippen LogP contribution in [-0.4, -0.2) is 23.2 Å². The molecule has 5 heteroatoms. The normalized spacial score (nSPS) is 11.1.